The Morgan fingerprint density at radius 2 is 2.14 bits per heavy atom. The zero-order valence-corrected chi connectivity index (χ0v) is 12.4. The van der Waals surface area contributed by atoms with Crippen molar-refractivity contribution in [3.8, 4) is 0 Å². The zero-order valence-electron chi connectivity index (χ0n) is 10.8. The van der Waals surface area contributed by atoms with Crippen molar-refractivity contribution in [3.63, 3.8) is 0 Å². The molecule has 0 atom stereocenters. The van der Waals surface area contributed by atoms with E-state index in [-0.39, 0.29) is 23.2 Å². The van der Waals surface area contributed by atoms with Gasteiger partial charge in [0.1, 0.15) is 6.54 Å². The van der Waals surface area contributed by atoms with Gasteiger partial charge >= 0.3 is 5.97 Å². The fraction of sp³-hybridized carbons (Fsp3) is 0.167. The minimum atomic E-state index is -0.625. The van der Waals surface area contributed by atoms with E-state index in [1.807, 2.05) is 0 Å². The Kier molecular flexibility index (Phi) is 4.77. The SMILES string of the molecule is COC(=O)c1cn(CC(=O)Nc2cccc(Cl)c2Cl)nn1. The standard InChI is InChI=1S/C12H10Cl2N4O3/c1-21-12(20)9-5-18(17-16-9)6-10(19)15-8-4-2-3-7(13)11(8)14/h2-5H,6H2,1H3,(H,15,19). The minimum Gasteiger partial charge on any atom is -0.464 e. The van der Waals surface area contributed by atoms with Crippen LogP contribution in [0.2, 0.25) is 10.0 Å². The number of rotatable bonds is 4. The number of ether oxygens (including phenoxy) is 1. The van der Waals surface area contributed by atoms with Crippen LogP contribution < -0.4 is 5.32 Å². The molecule has 2 rings (SSSR count). The first-order valence-corrected chi connectivity index (χ1v) is 6.49. The van der Waals surface area contributed by atoms with Crippen LogP contribution in [0.15, 0.2) is 24.4 Å². The molecule has 0 aliphatic rings. The number of carbonyl (C=O) groups excluding carboxylic acids is 2. The first-order chi connectivity index (χ1) is 10.0. The lowest BCUT2D eigenvalue weighted by atomic mass is 10.3. The second-order valence-corrected chi connectivity index (χ2v) is 4.73. The van der Waals surface area contributed by atoms with Gasteiger partial charge in [-0.05, 0) is 12.1 Å². The molecule has 110 valence electrons. The van der Waals surface area contributed by atoms with E-state index in [1.165, 1.54) is 18.0 Å². The van der Waals surface area contributed by atoms with Crippen molar-refractivity contribution >= 4 is 40.8 Å². The number of hydrogen-bond acceptors (Lipinski definition) is 5. The molecule has 1 N–H and O–H groups in total. The van der Waals surface area contributed by atoms with E-state index in [9.17, 15) is 9.59 Å². The third kappa shape index (κ3) is 3.71. The van der Waals surface area contributed by atoms with Gasteiger partial charge in [0.25, 0.3) is 0 Å². The number of nitrogens with zero attached hydrogens (tertiary/aromatic N) is 3. The predicted molar refractivity (Wildman–Crippen MR) is 76.5 cm³/mol. The summed E-state index contributed by atoms with van der Waals surface area (Å²) in [6.07, 6.45) is 1.31. The second kappa shape index (κ2) is 6.55. The number of benzene rings is 1. The average molecular weight is 329 g/mol. The number of methoxy groups -OCH3 is 1. The van der Waals surface area contributed by atoms with Crippen molar-refractivity contribution in [2.75, 3.05) is 12.4 Å². The van der Waals surface area contributed by atoms with Crippen LogP contribution in [-0.2, 0) is 16.1 Å². The number of amides is 1. The molecule has 0 radical (unpaired) electrons. The highest BCUT2D eigenvalue weighted by molar-refractivity contribution is 6.43. The quantitative estimate of drug-likeness (QED) is 0.867. The number of aromatic nitrogens is 3. The van der Waals surface area contributed by atoms with Crippen molar-refractivity contribution in [1.29, 1.82) is 0 Å². The first kappa shape index (κ1) is 15.3. The van der Waals surface area contributed by atoms with Crippen molar-refractivity contribution in [2.24, 2.45) is 0 Å². The van der Waals surface area contributed by atoms with E-state index in [1.54, 1.807) is 18.2 Å². The summed E-state index contributed by atoms with van der Waals surface area (Å²) in [5.41, 5.74) is 0.411. The number of hydrogen-bond donors (Lipinski definition) is 1. The molecule has 21 heavy (non-hydrogen) atoms. The second-order valence-electron chi connectivity index (χ2n) is 3.94. The lowest BCUT2D eigenvalue weighted by Crippen LogP contribution is -2.19. The Bertz CT molecular complexity index is 687. The molecule has 0 saturated carbocycles. The summed E-state index contributed by atoms with van der Waals surface area (Å²) in [4.78, 5) is 23.1. The molecule has 1 heterocycles. The third-order valence-corrected chi connectivity index (χ3v) is 3.28. The Labute approximate surface area is 129 Å². The monoisotopic (exact) mass is 328 g/mol. The van der Waals surface area contributed by atoms with Gasteiger partial charge in [0.05, 0.1) is 29.0 Å². The van der Waals surface area contributed by atoms with Gasteiger partial charge in [-0.15, -0.1) is 5.10 Å². The summed E-state index contributed by atoms with van der Waals surface area (Å²) < 4.78 is 5.70. The van der Waals surface area contributed by atoms with Crippen LogP contribution in [0, 0.1) is 0 Å². The van der Waals surface area contributed by atoms with Crippen molar-refractivity contribution in [2.45, 2.75) is 6.54 Å². The van der Waals surface area contributed by atoms with Crippen molar-refractivity contribution in [1.82, 2.24) is 15.0 Å². The molecule has 0 spiro atoms. The predicted octanol–water partition coefficient (Wildman–Crippen LogP) is 2.01. The van der Waals surface area contributed by atoms with E-state index in [4.69, 9.17) is 23.2 Å². The summed E-state index contributed by atoms with van der Waals surface area (Å²) in [6, 6.07) is 4.89. The zero-order chi connectivity index (χ0) is 15.4. The lowest BCUT2D eigenvalue weighted by molar-refractivity contribution is -0.116. The highest BCUT2D eigenvalue weighted by Crippen LogP contribution is 2.29. The minimum absolute atomic E-state index is 0.0195. The lowest BCUT2D eigenvalue weighted by Gasteiger charge is -2.07. The molecule has 1 aromatic heterocycles. The van der Waals surface area contributed by atoms with Crippen LogP contribution in [0.25, 0.3) is 0 Å². The largest absolute Gasteiger partial charge is 0.464 e. The van der Waals surface area contributed by atoms with Gasteiger partial charge in [0.2, 0.25) is 5.91 Å². The molecule has 7 nitrogen and oxygen atoms in total. The van der Waals surface area contributed by atoms with Gasteiger partial charge in [0.15, 0.2) is 5.69 Å². The molecular formula is C12H10Cl2N4O3. The van der Waals surface area contributed by atoms with E-state index in [2.05, 4.69) is 20.4 Å². The van der Waals surface area contributed by atoms with Crippen LogP contribution in [0.3, 0.4) is 0 Å². The molecule has 0 saturated heterocycles. The summed E-state index contributed by atoms with van der Waals surface area (Å²) >= 11 is 11.8. The Morgan fingerprint density at radius 1 is 1.38 bits per heavy atom. The van der Waals surface area contributed by atoms with Crippen molar-refractivity contribution < 1.29 is 14.3 Å². The molecule has 1 amide bonds. The van der Waals surface area contributed by atoms with Crippen molar-refractivity contribution in [3.05, 3.63) is 40.1 Å². The molecule has 0 aliphatic heterocycles. The molecule has 9 heteroatoms. The van der Waals surface area contributed by atoms with E-state index in [0.29, 0.717) is 10.7 Å². The van der Waals surface area contributed by atoms with Crippen LogP contribution in [0.1, 0.15) is 10.5 Å². The number of anilines is 1. The molecule has 1 aromatic carbocycles. The van der Waals surface area contributed by atoms with Gasteiger partial charge in [-0.25, -0.2) is 9.48 Å². The van der Waals surface area contributed by atoms with Gasteiger partial charge < -0.3 is 10.1 Å². The average Bonchev–Trinajstić information content (AvgIpc) is 2.91. The molecule has 0 fully saturated rings. The maximum absolute atomic E-state index is 11.9. The topological polar surface area (TPSA) is 86.1 Å². The summed E-state index contributed by atoms with van der Waals surface area (Å²) in [7, 11) is 1.23. The maximum atomic E-state index is 11.9. The van der Waals surface area contributed by atoms with Crippen LogP contribution in [-0.4, -0.2) is 34.0 Å². The van der Waals surface area contributed by atoms with Crippen LogP contribution >= 0.6 is 23.2 Å². The highest BCUT2D eigenvalue weighted by Gasteiger charge is 2.13. The maximum Gasteiger partial charge on any atom is 0.360 e. The number of halogens is 2. The highest BCUT2D eigenvalue weighted by atomic mass is 35.5. The van der Waals surface area contributed by atoms with E-state index in [0.717, 1.165) is 0 Å². The molecule has 0 unspecified atom stereocenters. The fourth-order valence-electron chi connectivity index (χ4n) is 1.51. The van der Waals surface area contributed by atoms with Gasteiger partial charge in [0, 0.05) is 0 Å². The van der Waals surface area contributed by atoms with E-state index >= 15 is 0 Å². The van der Waals surface area contributed by atoms with Crippen LogP contribution in [0.5, 0.6) is 0 Å². The smallest absolute Gasteiger partial charge is 0.360 e. The normalized spacial score (nSPS) is 10.2. The molecule has 0 bridgehead atoms. The Balaban J connectivity index is 2.03. The number of nitrogens with one attached hydrogen (secondary N) is 1. The van der Waals surface area contributed by atoms with Gasteiger partial charge in [-0.1, -0.05) is 34.5 Å². The van der Waals surface area contributed by atoms with Crippen LogP contribution in [0.4, 0.5) is 5.69 Å². The molecular weight excluding hydrogens is 319 g/mol. The Morgan fingerprint density at radius 3 is 2.86 bits per heavy atom. The first-order valence-electron chi connectivity index (χ1n) is 5.73. The third-order valence-electron chi connectivity index (χ3n) is 2.46. The number of esters is 1. The van der Waals surface area contributed by atoms with Gasteiger partial charge in [-0.2, -0.15) is 0 Å². The Hall–Kier alpha value is -2.12. The summed E-state index contributed by atoms with van der Waals surface area (Å²) in [6.45, 7) is -0.132. The fourth-order valence-corrected chi connectivity index (χ4v) is 1.86. The van der Waals surface area contributed by atoms with Gasteiger partial charge in [-0.3, -0.25) is 4.79 Å². The summed E-state index contributed by atoms with van der Waals surface area (Å²) in [5.74, 6) is -1.01. The summed E-state index contributed by atoms with van der Waals surface area (Å²) in [5, 5.41) is 10.4. The number of carbonyl (C=O) groups is 2. The molecule has 2 aromatic rings. The molecule has 0 aliphatic carbocycles. The van der Waals surface area contributed by atoms with E-state index < -0.39 is 5.97 Å².